The summed E-state index contributed by atoms with van der Waals surface area (Å²) in [5.41, 5.74) is 0.751. The van der Waals surface area contributed by atoms with E-state index < -0.39 is 23.8 Å². The van der Waals surface area contributed by atoms with E-state index in [0.29, 0.717) is 28.6 Å². The minimum atomic E-state index is -1.09. The molecule has 1 saturated heterocycles. The van der Waals surface area contributed by atoms with Crippen LogP contribution >= 0.6 is 0 Å². The number of hydrogen-bond donors (Lipinski definition) is 2. The number of rotatable bonds is 6. The van der Waals surface area contributed by atoms with Crippen molar-refractivity contribution < 1.29 is 28.6 Å². The van der Waals surface area contributed by atoms with Crippen molar-refractivity contribution in [2.45, 2.75) is 0 Å². The van der Waals surface area contributed by atoms with Gasteiger partial charge in [0.1, 0.15) is 11.7 Å². The predicted molar refractivity (Wildman–Crippen MR) is 106 cm³/mol. The van der Waals surface area contributed by atoms with Crippen LogP contribution in [0.5, 0.6) is 17.2 Å². The first kappa shape index (κ1) is 20.0. The van der Waals surface area contributed by atoms with Gasteiger partial charge in [-0.05, 0) is 24.3 Å². The number of carbonyl (C=O) groups excluding carboxylic acids is 3. The van der Waals surface area contributed by atoms with Crippen LogP contribution in [-0.2, 0) is 9.59 Å². The zero-order valence-electron chi connectivity index (χ0n) is 16.2. The summed E-state index contributed by atoms with van der Waals surface area (Å²) < 4.78 is 15.5. The largest absolute Gasteiger partial charge is 0.497 e. The van der Waals surface area contributed by atoms with Crippen LogP contribution in [0.3, 0.4) is 0 Å². The third-order valence-corrected chi connectivity index (χ3v) is 4.46. The van der Waals surface area contributed by atoms with Gasteiger partial charge in [-0.3, -0.25) is 9.59 Å². The number of methoxy groups -OCH3 is 3. The monoisotopic (exact) mass is 399 g/mol. The Balaban J connectivity index is 1.80. The number of hydrogen-bond acceptors (Lipinski definition) is 6. The van der Waals surface area contributed by atoms with Crippen LogP contribution in [0.4, 0.5) is 16.2 Å². The van der Waals surface area contributed by atoms with Crippen molar-refractivity contribution in [3.8, 4) is 17.2 Å². The van der Waals surface area contributed by atoms with Crippen LogP contribution in [0, 0.1) is 5.92 Å². The van der Waals surface area contributed by atoms with Gasteiger partial charge in [0.15, 0.2) is 11.5 Å². The lowest BCUT2D eigenvalue weighted by Crippen LogP contribution is -2.58. The lowest BCUT2D eigenvalue weighted by atomic mass is 10.0. The Hall–Kier alpha value is -3.75. The molecule has 29 heavy (non-hydrogen) atoms. The minimum absolute atomic E-state index is 0.0999. The Bertz CT molecular complexity index is 946. The van der Waals surface area contributed by atoms with E-state index in [2.05, 4.69) is 10.6 Å². The number of amides is 4. The standard InChI is InChI=1S/C20H21N3O6/c1-27-14-6-4-5-13(10-14)23-19(25)15(11-21-20(23)26)18(24)22-12-7-8-16(28-2)17(9-12)29-3/h4-10,15H,11H2,1-3H3,(H,21,26)(H,22,24). The summed E-state index contributed by atoms with van der Waals surface area (Å²) in [6.45, 7) is -0.0999. The molecule has 0 aromatic heterocycles. The number of benzene rings is 2. The third kappa shape index (κ3) is 4.08. The average Bonchev–Trinajstić information content (AvgIpc) is 2.73. The van der Waals surface area contributed by atoms with E-state index in [0.717, 1.165) is 4.90 Å². The van der Waals surface area contributed by atoms with Crippen molar-refractivity contribution in [1.82, 2.24) is 5.32 Å². The number of ether oxygens (including phenoxy) is 3. The molecule has 0 radical (unpaired) electrons. The maximum atomic E-state index is 12.9. The normalized spacial score (nSPS) is 16.1. The van der Waals surface area contributed by atoms with Crippen molar-refractivity contribution in [3.05, 3.63) is 42.5 Å². The SMILES string of the molecule is COc1cccc(N2C(=O)NCC(C(=O)Nc3ccc(OC)c(OC)c3)C2=O)c1. The summed E-state index contributed by atoms with van der Waals surface area (Å²) in [7, 11) is 4.47. The van der Waals surface area contributed by atoms with E-state index in [9.17, 15) is 14.4 Å². The lowest BCUT2D eigenvalue weighted by Gasteiger charge is -2.30. The molecule has 2 aromatic carbocycles. The van der Waals surface area contributed by atoms with Crippen LogP contribution < -0.4 is 29.7 Å². The molecule has 1 atom stereocenters. The van der Waals surface area contributed by atoms with Gasteiger partial charge in [-0.2, -0.15) is 0 Å². The minimum Gasteiger partial charge on any atom is -0.497 e. The summed E-state index contributed by atoms with van der Waals surface area (Å²) in [6.07, 6.45) is 0. The first-order valence-electron chi connectivity index (χ1n) is 8.77. The van der Waals surface area contributed by atoms with E-state index in [4.69, 9.17) is 14.2 Å². The molecule has 0 aliphatic carbocycles. The van der Waals surface area contributed by atoms with E-state index in [1.807, 2.05) is 0 Å². The van der Waals surface area contributed by atoms with Gasteiger partial charge in [0.05, 0.1) is 27.0 Å². The molecule has 0 bridgehead atoms. The van der Waals surface area contributed by atoms with E-state index >= 15 is 0 Å². The molecule has 4 amide bonds. The fourth-order valence-electron chi connectivity index (χ4n) is 2.95. The maximum Gasteiger partial charge on any atom is 0.328 e. The van der Waals surface area contributed by atoms with Gasteiger partial charge in [0.25, 0.3) is 0 Å². The van der Waals surface area contributed by atoms with Crippen LogP contribution in [0.25, 0.3) is 0 Å². The Morgan fingerprint density at radius 3 is 2.48 bits per heavy atom. The van der Waals surface area contributed by atoms with Crippen LogP contribution in [0.1, 0.15) is 0 Å². The van der Waals surface area contributed by atoms with Crippen molar-refractivity contribution in [3.63, 3.8) is 0 Å². The van der Waals surface area contributed by atoms with Gasteiger partial charge in [-0.25, -0.2) is 9.69 Å². The van der Waals surface area contributed by atoms with Crippen molar-refractivity contribution >= 4 is 29.2 Å². The Labute approximate surface area is 167 Å². The highest BCUT2D eigenvalue weighted by molar-refractivity contribution is 6.23. The maximum absolute atomic E-state index is 12.9. The average molecular weight is 399 g/mol. The van der Waals surface area contributed by atoms with Crippen LogP contribution in [0.2, 0.25) is 0 Å². The fraction of sp³-hybridized carbons (Fsp3) is 0.250. The third-order valence-electron chi connectivity index (χ3n) is 4.46. The number of anilines is 2. The molecule has 1 unspecified atom stereocenters. The second-order valence-electron chi connectivity index (χ2n) is 6.17. The fourth-order valence-corrected chi connectivity index (χ4v) is 2.95. The highest BCUT2D eigenvalue weighted by Crippen LogP contribution is 2.30. The number of urea groups is 1. The highest BCUT2D eigenvalue weighted by atomic mass is 16.5. The van der Waals surface area contributed by atoms with Crippen LogP contribution in [-0.4, -0.2) is 45.7 Å². The molecule has 152 valence electrons. The second kappa shape index (κ2) is 8.51. The van der Waals surface area contributed by atoms with E-state index in [-0.39, 0.29) is 6.54 Å². The quantitative estimate of drug-likeness (QED) is 0.720. The summed E-state index contributed by atoms with van der Waals surface area (Å²) in [5.74, 6) is -0.829. The zero-order valence-corrected chi connectivity index (χ0v) is 16.2. The summed E-state index contributed by atoms with van der Waals surface area (Å²) >= 11 is 0. The molecular formula is C20H21N3O6. The molecular weight excluding hydrogens is 378 g/mol. The molecule has 1 aliphatic heterocycles. The van der Waals surface area contributed by atoms with Gasteiger partial charge in [-0.1, -0.05) is 6.07 Å². The molecule has 1 fully saturated rings. The Morgan fingerprint density at radius 2 is 1.79 bits per heavy atom. The van der Waals surface area contributed by atoms with Gasteiger partial charge in [-0.15, -0.1) is 0 Å². The molecule has 2 aromatic rings. The van der Waals surface area contributed by atoms with Gasteiger partial charge >= 0.3 is 6.03 Å². The first-order chi connectivity index (χ1) is 14.0. The molecule has 0 spiro atoms. The number of nitrogens with one attached hydrogen (secondary N) is 2. The summed E-state index contributed by atoms with van der Waals surface area (Å²) in [5, 5.41) is 5.26. The summed E-state index contributed by atoms with van der Waals surface area (Å²) in [6, 6.07) is 10.7. The highest BCUT2D eigenvalue weighted by Gasteiger charge is 2.39. The molecule has 9 heteroatoms. The molecule has 1 heterocycles. The number of nitrogens with zero attached hydrogens (tertiary/aromatic N) is 1. The smallest absolute Gasteiger partial charge is 0.328 e. The number of carbonyl (C=O) groups is 3. The molecule has 1 aliphatic rings. The Morgan fingerprint density at radius 1 is 1.03 bits per heavy atom. The van der Waals surface area contributed by atoms with Gasteiger partial charge in [0, 0.05) is 24.4 Å². The molecule has 0 saturated carbocycles. The second-order valence-corrected chi connectivity index (χ2v) is 6.17. The lowest BCUT2D eigenvalue weighted by molar-refractivity contribution is -0.130. The molecule has 3 rings (SSSR count). The zero-order chi connectivity index (χ0) is 21.0. The van der Waals surface area contributed by atoms with Gasteiger partial charge in [0.2, 0.25) is 11.8 Å². The van der Waals surface area contributed by atoms with Crippen molar-refractivity contribution in [2.75, 3.05) is 38.1 Å². The van der Waals surface area contributed by atoms with E-state index in [1.165, 1.54) is 21.3 Å². The van der Waals surface area contributed by atoms with Gasteiger partial charge < -0.3 is 24.8 Å². The van der Waals surface area contributed by atoms with Crippen molar-refractivity contribution in [2.24, 2.45) is 5.92 Å². The number of imide groups is 1. The van der Waals surface area contributed by atoms with Crippen LogP contribution in [0.15, 0.2) is 42.5 Å². The topological polar surface area (TPSA) is 106 Å². The molecule has 9 nitrogen and oxygen atoms in total. The molecule has 2 N–H and O–H groups in total. The van der Waals surface area contributed by atoms with E-state index in [1.54, 1.807) is 42.5 Å². The summed E-state index contributed by atoms with van der Waals surface area (Å²) in [4.78, 5) is 38.9. The Kier molecular flexibility index (Phi) is 5.87. The first-order valence-corrected chi connectivity index (χ1v) is 8.77. The van der Waals surface area contributed by atoms with Crippen molar-refractivity contribution in [1.29, 1.82) is 0 Å². The predicted octanol–water partition coefficient (Wildman–Crippen LogP) is 2.02.